The largest absolute Gasteiger partial charge is 0.489 e. The molecule has 0 radical (unpaired) electrons. The molecule has 1 aliphatic heterocycles. The van der Waals surface area contributed by atoms with Gasteiger partial charge in [0.15, 0.2) is 0 Å². The molecular weight excluding hydrogens is 346 g/mol. The first-order chi connectivity index (χ1) is 13.2. The molecule has 0 aliphatic carbocycles. The summed E-state index contributed by atoms with van der Waals surface area (Å²) in [5.41, 5.74) is 3.93. The van der Waals surface area contributed by atoms with E-state index in [2.05, 4.69) is 15.3 Å². The second kappa shape index (κ2) is 8.66. The number of aromatic nitrogens is 2. The Bertz CT molecular complexity index is 895. The van der Waals surface area contributed by atoms with Gasteiger partial charge in [0, 0.05) is 36.0 Å². The van der Waals surface area contributed by atoms with Crippen LogP contribution in [-0.2, 0) is 16.2 Å². The minimum atomic E-state index is -0.250. The van der Waals surface area contributed by atoms with Gasteiger partial charge in [-0.2, -0.15) is 0 Å². The van der Waals surface area contributed by atoms with Crippen molar-refractivity contribution in [2.24, 2.45) is 0 Å². The molecule has 0 bridgehead atoms. The second-order valence-electron chi connectivity index (χ2n) is 5.94. The normalized spacial score (nSPS) is 15.0. The minimum absolute atomic E-state index is 0.000534. The van der Waals surface area contributed by atoms with Gasteiger partial charge in [-0.05, 0) is 17.2 Å². The average molecular weight is 365 g/mol. The first-order valence-electron chi connectivity index (χ1n) is 8.38. The molecule has 2 aromatic carbocycles. The Morgan fingerprint density at radius 3 is 2.70 bits per heavy atom. The van der Waals surface area contributed by atoms with Gasteiger partial charge in [0.05, 0.1) is 6.33 Å². The number of rotatable bonds is 4. The SMILES string of the molecule is O=C1CC(c2cnc[nH]2)c2ccc(OCc3ccccc3)cc2N1.O=CO. The standard InChI is InChI=1S/C19H17N3O2.CH2O2/c23-19-9-16(18-10-20-12-21-18)15-7-6-14(8-17(15)22-19)24-11-13-4-2-1-3-5-13;2-1-3/h1-8,10,12,16H,9,11H2,(H,20,21)(H,22,23);1H,(H,2,3). The number of ether oxygens (including phenoxy) is 1. The van der Waals surface area contributed by atoms with Crippen molar-refractivity contribution < 1.29 is 19.4 Å². The van der Waals surface area contributed by atoms with Crippen molar-refractivity contribution in [3.8, 4) is 5.75 Å². The van der Waals surface area contributed by atoms with E-state index in [0.717, 1.165) is 28.3 Å². The number of H-pyrrole nitrogens is 1. The number of nitrogens with one attached hydrogen (secondary N) is 2. The molecule has 7 nitrogen and oxygen atoms in total. The van der Waals surface area contributed by atoms with E-state index in [0.29, 0.717) is 13.0 Å². The van der Waals surface area contributed by atoms with Gasteiger partial charge >= 0.3 is 0 Å². The van der Waals surface area contributed by atoms with Crippen molar-refractivity contribution in [3.63, 3.8) is 0 Å². The Labute approximate surface area is 156 Å². The Hall–Kier alpha value is -3.61. The number of carbonyl (C=O) groups excluding carboxylic acids is 1. The highest BCUT2D eigenvalue weighted by molar-refractivity contribution is 5.95. The Balaban J connectivity index is 0.000000659. The molecule has 1 atom stereocenters. The van der Waals surface area contributed by atoms with Crippen LogP contribution in [0.5, 0.6) is 5.75 Å². The summed E-state index contributed by atoms with van der Waals surface area (Å²) in [5.74, 6) is 0.741. The van der Waals surface area contributed by atoms with E-state index >= 15 is 0 Å². The molecule has 2 heterocycles. The summed E-state index contributed by atoms with van der Waals surface area (Å²) in [6, 6.07) is 15.8. The molecule has 0 spiro atoms. The number of imidazole rings is 1. The number of carbonyl (C=O) groups is 2. The van der Waals surface area contributed by atoms with Crippen LogP contribution in [0.2, 0.25) is 0 Å². The van der Waals surface area contributed by atoms with Crippen molar-refractivity contribution in [2.75, 3.05) is 5.32 Å². The summed E-state index contributed by atoms with van der Waals surface area (Å²) in [6.45, 7) is 0.248. The van der Waals surface area contributed by atoms with Crippen molar-refractivity contribution in [3.05, 3.63) is 77.9 Å². The lowest BCUT2D eigenvalue weighted by Gasteiger charge is -2.25. The molecule has 138 valence electrons. The highest BCUT2D eigenvalue weighted by Gasteiger charge is 2.27. The number of benzene rings is 2. The third kappa shape index (κ3) is 4.52. The molecular formula is C20H19N3O4. The van der Waals surface area contributed by atoms with E-state index in [-0.39, 0.29) is 18.3 Å². The smallest absolute Gasteiger partial charge is 0.290 e. The van der Waals surface area contributed by atoms with Crippen LogP contribution in [0.3, 0.4) is 0 Å². The summed E-state index contributed by atoms with van der Waals surface area (Å²) in [5, 5.41) is 9.83. The first kappa shape index (κ1) is 18.2. The molecule has 3 N–H and O–H groups in total. The van der Waals surface area contributed by atoms with Crippen LogP contribution in [0, 0.1) is 0 Å². The predicted octanol–water partition coefficient (Wildman–Crippen LogP) is 3.16. The molecule has 0 saturated heterocycles. The van der Waals surface area contributed by atoms with Gasteiger partial charge in [-0.15, -0.1) is 0 Å². The van der Waals surface area contributed by atoms with Gasteiger partial charge in [0.1, 0.15) is 12.4 Å². The van der Waals surface area contributed by atoms with Gasteiger partial charge in [0.2, 0.25) is 5.91 Å². The quantitative estimate of drug-likeness (QED) is 0.616. The number of carboxylic acid groups (broad SMARTS) is 1. The minimum Gasteiger partial charge on any atom is -0.489 e. The summed E-state index contributed by atoms with van der Waals surface area (Å²) in [6.07, 6.45) is 3.82. The Morgan fingerprint density at radius 1 is 1.22 bits per heavy atom. The molecule has 3 aromatic rings. The number of fused-ring (bicyclic) bond motifs is 1. The molecule has 0 fully saturated rings. The van der Waals surface area contributed by atoms with Crippen LogP contribution in [0.15, 0.2) is 61.1 Å². The molecule has 7 heteroatoms. The number of anilines is 1. The summed E-state index contributed by atoms with van der Waals surface area (Å²) >= 11 is 0. The lowest BCUT2D eigenvalue weighted by atomic mass is 9.88. The van der Waals surface area contributed by atoms with Crippen molar-refractivity contribution in [1.29, 1.82) is 0 Å². The van der Waals surface area contributed by atoms with Crippen LogP contribution < -0.4 is 10.1 Å². The fourth-order valence-electron chi connectivity index (χ4n) is 3.01. The monoisotopic (exact) mass is 365 g/mol. The lowest BCUT2D eigenvalue weighted by molar-refractivity contribution is -0.123. The summed E-state index contributed by atoms with van der Waals surface area (Å²) < 4.78 is 5.85. The van der Waals surface area contributed by atoms with Crippen molar-refractivity contribution >= 4 is 18.1 Å². The second-order valence-corrected chi connectivity index (χ2v) is 5.94. The van der Waals surface area contributed by atoms with Crippen LogP contribution >= 0.6 is 0 Å². The zero-order chi connectivity index (χ0) is 19.1. The van der Waals surface area contributed by atoms with Gasteiger partial charge < -0.3 is 20.1 Å². The molecule has 1 aliphatic rings. The van der Waals surface area contributed by atoms with E-state index in [1.807, 2.05) is 48.5 Å². The van der Waals surface area contributed by atoms with Gasteiger partial charge in [-0.1, -0.05) is 36.4 Å². The molecule has 0 saturated carbocycles. The van der Waals surface area contributed by atoms with Crippen LogP contribution in [-0.4, -0.2) is 27.5 Å². The van der Waals surface area contributed by atoms with E-state index in [1.165, 1.54) is 0 Å². The highest BCUT2D eigenvalue weighted by atomic mass is 16.5. The molecule has 1 amide bonds. The highest BCUT2D eigenvalue weighted by Crippen LogP contribution is 2.38. The summed E-state index contributed by atoms with van der Waals surface area (Å²) in [7, 11) is 0. The van der Waals surface area contributed by atoms with Gasteiger partial charge in [-0.25, -0.2) is 4.98 Å². The van der Waals surface area contributed by atoms with Crippen LogP contribution in [0.1, 0.15) is 29.2 Å². The first-order valence-corrected chi connectivity index (χ1v) is 8.38. The van der Waals surface area contributed by atoms with E-state index in [9.17, 15) is 4.79 Å². The van der Waals surface area contributed by atoms with Gasteiger partial charge in [0.25, 0.3) is 6.47 Å². The maximum atomic E-state index is 12.0. The lowest BCUT2D eigenvalue weighted by Crippen LogP contribution is -2.23. The third-order valence-electron chi connectivity index (χ3n) is 4.21. The number of aromatic amines is 1. The van der Waals surface area contributed by atoms with Crippen LogP contribution in [0.25, 0.3) is 0 Å². The predicted molar refractivity (Wildman–Crippen MR) is 99.6 cm³/mol. The molecule has 1 unspecified atom stereocenters. The maximum Gasteiger partial charge on any atom is 0.290 e. The number of nitrogens with zero attached hydrogens (tertiary/aromatic N) is 1. The van der Waals surface area contributed by atoms with Crippen molar-refractivity contribution in [2.45, 2.75) is 18.9 Å². The maximum absolute atomic E-state index is 12.0. The van der Waals surface area contributed by atoms with Crippen molar-refractivity contribution in [1.82, 2.24) is 9.97 Å². The van der Waals surface area contributed by atoms with E-state index in [4.69, 9.17) is 14.6 Å². The Kier molecular flexibility index (Phi) is 5.84. The fourth-order valence-corrected chi connectivity index (χ4v) is 3.01. The Morgan fingerprint density at radius 2 is 2.00 bits per heavy atom. The molecule has 27 heavy (non-hydrogen) atoms. The zero-order valence-electron chi connectivity index (χ0n) is 14.5. The number of hydrogen-bond donors (Lipinski definition) is 3. The third-order valence-corrected chi connectivity index (χ3v) is 4.21. The summed E-state index contributed by atoms with van der Waals surface area (Å²) in [4.78, 5) is 27.6. The van der Waals surface area contributed by atoms with Gasteiger partial charge in [-0.3, -0.25) is 9.59 Å². The topological polar surface area (TPSA) is 104 Å². The van der Waals surface area contributed by atoms with E-state index < -0.39 is 0 Å². The number of amides is 1. The number of hydrogen-bond acceptors (Lipinski definition) is 4. The van der Waals surface area contributed by atoms with Crippen LogP contribution in [0.4, 0.5) is 5.69 Å². The molecule has 4 rings (SSSR count). The fraction of sp³-hybridized carbons (Fsp3) is 0.150. The molecule has 1 aromatic heterocycles. The zero-order valence-corrected chi connectivity index (χ0v) is 14.5. The van der Waals surface area contributed by atoms with E-state index in [1.54, 1.807) is 12.5 Å². The average Bonchev–Trinajstić information content (AvgIpc) is 3.21.